The van der Waals surface area contributed by atoms with Gasteiger partial charge < -0.3 is 0 Å². The Morgan fingerprint density at radius 1 is 1.11 bits per heavy atom. The molecular weight excluding hydrogens is 108 g/mol. The van der Waals surface area contributed by atoms with Crippen molar-refractivity contribution in [2.24, 2.45) is 0 Å². The van der Waals surface area contributed by atoms with Crippen LogP contribution in [0.25, 0.3) is 6.08 Å². The van der Waals surface area contributed by atoms with Crippen LogP contribution in [0.2, 0.25) is 0 Å². The van der Waals surface area contributed by atoms with Crippen molar-refractivity contribution in [1.82, 2.24) is 0 Å². The summed E-state index contributed by atoms with van der Waals surface area (Å²) in [5.41, 5.74) is 1.20. The SMILES string of the molecule is [CH2]/C=C/c1ccccc1. The normalized spacial score (nSPS) is 10.3. The summed E-state index contributed by atoms with van der Waals surface area (Å²) in [5, 5.41) is 0. The average Bonchev–Trinajstić information content (AvgIpc) is 1.91. The lowest BCUT2D eigenvalue weighted by molar-refractivity contribution is 1.66. The molecule has 1 rings (SSSR count). The van der Waals surface area contributed by atoms with Crippen molar-refractivity contribution < 1.29 is 0 Å². The van der Waals surface area contributed by atoms with E-state index in [-0.39, 0.29) is 0 Å². The summed E-state index contributed by atoms with van der Waals surface area (Å²) in [5.74, 6) is 0. The highest BCUT2D eigenvalue weighted by molar-refractivity contribution is 5.48. The zero-order valence-electron chi connectivity index (χ0n) is 5.25. The minimum Gasteiger partial charge on any atom is -0.0836 e. The lowest BCUT2D eigenvalue weighted by Gasteiger charge is -1.86. The number of hydrogen-bond acceptors (Lipinski definition) is 0. The van der Waals surface area contributed by atoms with E-state index in [1.807, 2.05) is 36.4 Å². The summed E-state index contributed by atoms with van der Waals surface area (Å²) < 4.78 is 0. The third-order valence-electron chi connectivity index (χ3n) is 1.11. The first-order valence-electron chi connectivity index (χ1n) is 2.94. The highest BCUT2D eigenvalue weighted by Gasteiger charge is 1.77. The van der Waals surface area contributed by atoms with Crippen LogP contribution in [-0.2, 0) is 0 Å². The minimum absolute atomic E-state index is 1.20. The number of allylic oxidation sites excluding steroid dienone is 1. The van der Waals surface area contributed by atoms with Crippen LogP contribution < -0.4 is 0 Å². The molecule has 1 aromatic carbocycles. The van der Waals surface area contributed by atoms with Crippen molar-refractivity contribution >= 4 is 6.08 Å². The van der Waals surface area contributed by atoms with Gasteiger partial charge in [0.05, 0.1) is 0 Å². The lowest BCUT2D eigenvalue weighted by atomic mass is 10.2. The minimum atomic E-state index is 1.20. The third kappa shape index (κ3) is 1.73. The average molecular weight is 117 g/mol. The maximum Gasteiger partial charge on any atom is -0.0260 e. The molecule has 0 nitrogen and oxygen atoms in total. The van der Waals surface area contributed by atoms with Crippen LogP contribution in [0.5, 0.6) is 0 Å². The Bertz CT molecular complexity index is 184. The number of hydrogen-bond donors (Lipinski definition) is 0. The van der Waals surface area contributed by atoms with Gasteiger partial charge >= 0.3 is 0 Å². The van der Waals surface area contributed by atoms with Crippen LogP contribution in [0.3, 0.4) is 0 Å². The fourth-order valence-electron chi connectivity index (χ4n) is 0.700. The van der Waals surface area contributed by atoms with Gasteiger partial charge in [0.25, 0.3) is 0 Å². The van der Waals surface area contributed by atoms with E-state index in [0.29, 0.717) is 0 Å². The van der Waals surface area contributed by atoms with E-state index in [2.05, 4.69) is 6.92 Å². The molecule has 0 saturated carbocycles. The molecule has 0 aliphatic rings. The number of benzene rings is 1. The zero-order chi connectivity index (χ0) is 6.53. The van der Waals surface area contributed by atoms with Crippen molar-refractivity contribution in [3.63, 3.8) is 0 Å². The van der Waals surface area contributed by atoms with Crippen LogP contribution in [0.15, 0.2) is 36.4 Å². The van der Waals surface area contributed by atoms with Gasteiger partial charge in [0.1, 0.15) is 0 Å². The fraction of sp³-hybridized carbons (Fsp3) is 0. The highest BCUT2D eigenvalue weighted by atomic mass is 13.8. The van der Waals surface area contributed by atoms with Crippen LogP contribution >= 0.6 is 0 Å². The first kappa shape index (κ1) is 6.09. The second-order valence-electron chi connectivity index (χ2n) is 1.81. The molecule has 1 radical (unpaired) electrons. The molecule has 45 valence electrons. The topological polar surface area (TPSA) is 0 Å². The molecule has 0 unspecified atom stereocenters. The maximum absolute atomic E-state index is 3.60. The van der Waals surface area contributed by atoms with Gasteiger partial charge in [-0.15, -0.1) is 0 Å². The van der Waals surface area contributed by atoms with Gasteiger partial charge in [-0.1, -0.05) is 42.5 Å². The smallest absolute Gasteiger partial charge is 0.0260 e. The fourth-order valence-corrected chi connectivity index (χ4v) is 0.700. The van der Waals surface area contributed by atoms with Gasteiger partial charge in [-0.3, -0.25) is 0 Å². The zero-order valence-corrected chi connectivity index (χ0v) is 5.25. The van der Waals surface area contributed by atoms with Gasteiger partial charge in [0.2, 0.25) is 0 Å². The molecule has 0 saturated heterocycles. The Hall–Kier alpha value is -1.04. The molecule has 0 N–H and O–H groups in total. The molecule has 0 heterocycles. The molecular formula is C9H9. The van der Waals surface area contributed by atoms with Gasteiger partial charge in [-0.05, 0) is 12.5 Å². The van der Waals surface area contributed by atoms with Crippen molar-refractivity contribution in [2.75, 3.05) is 0 Å². The predicted octanol–water partition coefficient (Wildman–Crippen LogP) is 2.53. The Morgan fingerprint density at radius 3 is 2.33 bits per heavy atom. The standard InChI is InChI=1S/C9H9/c1-2-6-9-7-4-3-5-8-9/h2-8H,1H2/b6-2+. The largest absolute Gasteiger partial charge is 0.0836 e. The van der Waals surface area contributed by atoms with E-state index in [1.54, 1.807) is 6.08 Å². The van der Waals surface area contributed by atoms with E-state index < -0.39 is 0 Å². The van der Waals surface area contributed by atoms with E-state index >= 15 is 0 Å². The van der Waals surface area contributed by atoms with Crippen LogP contribution in [-0.4, -0.2) is 0 Å². The van der Waals surface area contributed by atoms with Gasteiger partial charge in [0, 0.05) is 0 Å². The predicted molar refractivity (Wildman–Crippen MR) is 40.8 cm³/mol. The molecule has 0 aliphatic carbocycles. The second kappa shape index (κ2) is 3.08. The summed E-state index contributed by atoms with van der Waals surface area (Å²) in [6, 6.07) is 10.1. The first-order valence-corrected chi connectivity index (χ1v) is 2.94. The Kier molecular flexibility index (Phi) is 2.08. The van der Waals surface area contributed by atoms with Crippen LogP contribution in [0.1, 0.15) is 5.56 Å². The quantitative estimate of drug-likeness (QED) is 0.530. The van der Waals surface area contributed by atoms with E-state index in [9.17, 15) is 0 Å². The van der Waals surface area contributed by atoms with Gasteiger partial charge in [-0.2, -0.15) is 0 Å². The Morgan fingerprint density at radius 2 is 1.78 bits per heavy atom. The molecule has 0 atom stereocenters. The van der Waals surface area contributed by atoms with Crippen molar-refractivity contribution in [3.05, 3.63) is 48.9 Å². The molecule has 0 aliphatic heterocycles. The van der Waals surface area contributed by atoms with Gasteiger partial charge in [-0.25, -0.2) is 0 Å². The summed E-state index contributed by atoms with van der Waals surface area (Å²) in [6.07, 6.45) is 3.76. The van der Waals surface area contributed by atoms with Crippen molar-refractivity contribution in [3.8, 4) is 0 Å². The van der Waals surface area contributed by atoms with Gasteiger partial charge in [0.15, 0.2) is 0 Å². The monoisotopic (exact) mass is 117 g/mol. The Balaban J connectivity index is 2.85. The summed E-state index contributed by atoms with van der Waals surface area (Å²) in [6.45, 7) is 3.60. The molecule has 0 bridgehead atoms. The van der Waals surface area contributed by atoms with Crippen LogP contribution in [0.4, 0.5) is 0 Å². The molecule has 0 aromatic heterocycles. The van der Waals surface area contributed by atoms with E-state index in [1.165, 1.54) is 5.56 Å². The van der Waals surface area contributed by atoms with Crippen molar-refractivity contribution in [1.29, 1.82) is 0 Å². The molecule has 0 heteroatoms. The third-order valence-corrected chi connectivity index (χ3v) is 1.11. The molecule has 9 heavy (non-hydrogen) atoms. The summed E-state index contributed by atoms with van der Waals surface area (Å²) in [7, 11) is 0. The van der Waals surface area contributed by atoms with E-state index in [4.69, 9.17) is 0 Å². The molecule has 0 amide bonds. The summed E-state index contributed by atoms with van der Waals surface area (Å²) >= 11 is 0. The maximum atomic E-state index is 3.60. The lowest BCUT2D eigenvalue weighted by Crippen LogP contribution is -1.65. The number of rotatable bonds is 1. The molecule has 0 fully saturated rings. The second-order valence-corrected chi connectivity index (χ2v) is 1.81. The van der Waals surface area contributed by atoms with Crippen molar-refractivity contribution in [2.45, 2.75) is 0 Å². The van der Waals surface area contributed by atoms with E-state index in [0.717, 1.165) is 0 Å². The highest BCUT2D eigenvalue weighted by Crippen LogP contribution is 1.99. The Labute approximate surface area is 55.8 Å². The molecule has 0 spiro atoms. The molecule has 1 aromatic rings. The first-order chi connectivity index (χ1) is 4.43. The van der Waals surface area contributed by atoms with Crippen LogP contribution in [0, 0.1) is 6.92 Å². The summed E-state index contributed by atoms with van der Waals surface area (Å²) in [4.78, 5) is 0.